The Hall–Kier alpha value is -2.62. The molecule has 2 aromatic rings. The molecule has 1 aromatic heterocycles. The Balaban J connectivity index is 1.71. The van der Waals surface area contributed by atoms with E-state index in [0.717, 1.165) is 30.2 Å². The first-order chi connectivity index (χ1) is 14.2. The highest BCUT2D eigenvalue weighted by Crippen LogP contribution is 2.31. The van der Waals surface area contributed by atoms with Gasteiger partial charge in [0.2, 0.25) is 5.95 Å². The Morgan fingerprint density at radius 2 is 2.00 bits per heavy atom. The molecule has 3 rings (SSSR count). The number of aromatic nitrogens is 2. The van der Waals surface area contributed by atoms with E-state index in [-0.39, 0.29) is 16.9 Å². The Labute approximate surface area is 178 Å². The summed E-state index contributed by atoms with van der Waals surface area (Å²) in [5, 5.41) is 5.78. The zero-order valence-electron chi connectivity index (χ0n) is 16.8. The SMILES string of the molecule is COc1ccc(CNC(=S)Nc2nc(N3CCCC(C)C3)cc(C(F)(F)F)n2)cc1. The average Bonchev–Trinajstić information content (AvgIpc) is 2.72. The lowest BCUT2D eigenvalue weighted by Gasteiger charge is -2.32. The molecule has 30 heavy (non-hydrogen) atoms. The molecule has 0 spiro atoms. The molecule has 10 heteroatoms. The summed E-state index contributed by atoms with van der Waals surface area (Å²) in [6.07, 6.45) is -2.61. The van der Waals surface area contributed by atoms with Crippen LogP contribution in [-0.4, -0.2) is 35.3 Å². The molecule has 1 saturated heterocycles. The second kappa shape index (κ2) is 9.46. The van der Waals surface area contributed by atoms with Gasteiger partial charge in [-0.05, 0) is 48.7 Å². The molecule has 0 radical (unpaired) electrons. The van der Waals surface area contributed by atoms with E-state index in [1.165, 1.54) is 0 Å². The maximum atomic E-state index is 13.4. The van der Waals surface area contributed by atoms with Gasteiger partial charge in [-0.25, -0.2) is 4.98 Å². The van der Waals surface area contributed by atoms with Crippen LogP contribution in [0.25, 0.3) is 0 Å². The van der Waals surface area contributed by atoms with Crippen molar-refractivity contribution in [3.8, 4) is 5.75 Å². The van der Waals surface area contributed by atoms with Crippen LogP contribution in [0.5, 0.6) is 5.75 Å². The Morgan fingerprint density at radius 3 is 2.63 bits per heavy atom. The number of halogens is 3. The fraction of sp³-hybridized carbons (Fsp3) is 0.450. The number of anilines is 2. The number of alkyl halides is 3. The molecular weight excluding hydrogens is 415 g/mol. The Kier molecular flexibility index (Phi) is 6.96. The third kappa shape index (κ3) is 5.94. The average molecular weight is 440 g/mol. The third-order valence-corrected chi connectivity index (χ3v) is 5.07. The van der Waals surface area contributed by atoms with Gasteiger partial charge < -0.3 is 20.3 Å². The van der Waals surface area contributed by atoms with E-state index in [9.17, 15) is 13.2 Å². The maximum Gasteiger partial charge on any atom is 0.433 e. The van der Waals surface area contributed by atoms with Crippen LogP contribution in [0, 0.1) is 5.92 Å². The minimum atomic E-state index is -4.58. The van der Waals surface area contributed by atoms with Crippen LogP contribution in [0.4, 0.5) is 24.9 Å². The second-order valence-electron chi connectivity index (χ2n) is 7.28. The largest absolute Gasteiger partial charge is 0.497 e. The lowest BCUT2D eigenvalue weighted by Crippen LogP contribution is -2.35. The Morgan fingerprint density at radius 1 is 1.27 bits per heavy atom. The van der Waals surface area contributed by atoms with E-state index in [1.54, 1.807) is 7.11 Å². The van der Waals surface area contributed by atoms with Crippen LogP contribution in [0.1, 0.15) is 31.0 Å². The molecule has 1 fully saturated rings. The van der Waals surface area contributed by atoms with Crippen LogP contribution in [0.3, 0.4) is 0 Å². The Bertz CT molecular complexity index is 876. The van der Waals surface area contributed by atoms with E-state index < -0.39 is 11.9 Å². The molecule has 1 unspecified atom stereocenters. The number of piperidine rings is 1. The molecule has 2 heterocycles. The van der Waals surface area contributed by atoms with E-state index in [1.807, 2.05) is 29.2 Å². The van der Waals surface area contributed by atoms with E-state index in [0.29, 0.717) is 25.6 Å². The summed E-state index contributed by atoms with van der Waals surface area (Å²) in [5.74, 6) is 1.21. The van der Waals surface area contributed by atoms with E-state index >= 15 is 0 Å². The summed E-state index contributed by atoms with van der Waals surface area (Å²) in [7, 11) is 1.58. The van der Waals surface area contributed by atoms with Gasteiger partial charge in [-0.1, -0.05) is 19.1 Å². The van der Waals surface area contributed by atoms with Crippen molar-refractivity contribution in [3.05, 3.63) is 41.6 Å². The number of methoxy groups -OCH3 is 1. The molecule has 6 nitrogen and oxygen atoms in total. The minimum absolute atomic E-state index is 0.142. The normalized spacial score (nSPS) is 16.8. The van der Waals surface area contributed by atoms with Crippen molar-refractivity contribution in [1.29, 1.82) is 0 Å². The fourth-order valence-electron chi connectivity index (χ4n) is 3.27. The van der Waals surface area contributed by atoms with Crippen molar-refractivity contribution in [2.24, 2.45) is 5.92 Å². The van der Waals surface area contributed by atoms with Crippen molar-refractivity contribution >= 4 is 29.1 Å². The molecular formula is C20H24F3N5OS. The minimum Gasteiger partial charge on any atom is -0.497 e. The van der Waals surface area contributed by atoms with Crippen molar-refractivity contribution in [2.45, 2.75) is 32.5 Å². The number of benzene rings is 1. The maximum absolute atomic E-state index is 13.4. The molecule has 1 atom stereocenters. The summed E-state index contributed by atoms with van der Waals surface area (Å²) < 4.78 is 45.2. The number of hydrogen-bond donors (Lipinski definition) is 2. The van der Waals surface area contributed by atoms with Crippen LogP contribution in [0.15, 0.2) is 30.3 Å². The number of rotatable bonds is 5. The number of nitrogens with one attached hydrogen (secondary N) is 2. The molecule has 162 valence electrons. The summed E-state index contributed by atoms with van der Waals surface area (Å²) in [6, 6.07) is 8.36. The van der Waals surface area contributed by atoms with Crippen LogP contribution in [0.2, 0.25) is 0 Å². The summed E-state index contributed by atoms with van der Waals surface area (Å²) in [4.78, 5) is 9.77. The molecule has 0 amide bonds. The van der Waals surface area contributed by atoms with Crippen LogP contribution in [-0.2, 0) is 12.7 Å². The number of ether oxygens (including phenoxy) is 1. The molecule has 1 aliphatic heterocycles. The van der Waals surface area contributed by atoms with Crippen molar-refractivity contribution in [3.63, 3.8) is 0 Å². The van der Waals surface area contributed by atoms with E-state index in [2.05, 4.69) is 27.5 Å². The van der Waals surface area contributed by atoms with Crippen LogP contribution >= 0.6 is 12.2 Å². The van der Waals surface area contributed by atoms with Gasteiger partial charge in [-0.2, -0.15) is 18.2 Å². The molecule has 0 aliphatic carbocycles. The highest BCUT2D eigenvalue weighted by Gasteiger charge is 2.34. The lowest BCUT2D eigenvalue weighted by atomic mass is 10.0. The topological polar surface area (TPSA) is 62.3 Å². The van der Waals surface area contributed by atoms with Gasteiger partial charge in [0.25, 0.3) is 0 Å². The quantitative estimate of drug-likeness (QED) is 0.676. The highest BCUT2D eigenvalue weighted by molar-refractivity contribution is 7.80. The standard InChI is InChI=1S/C20H24F3N5OS/c1-13-4-3-9-28(12-13)17-10-16(20(21,22)23)25-18(26-17)27-19(30)24-11-14-5-7-15(29-2)8-6-14/h5-8,10,13H,3-4,9,11-12H2,1-2H3,(H2,24,25,26,27,30). The van der Waals surface area contributed by atoms with Gasteiger partial charge >= 0.3 is 6.18 Å². The lowest BCUT2D eigenvalue weighted by molar-refractivity contribution is -0.141. The predicted molar refractivity (Wildman–Crippen MR) is 114 cm³/mol. The fourth-order valence-corrected chi connectivity index (χ4v) is 3.43. The van der Waals surface area contributed by atoms with Gasteiger partial charge in [0.1, 0.15) is 11.6 Å². The first-order valence-electron chi connectivity index (χ1n) is 9.63. The zero-order valence-corrected chi connectivity index (χ0v) is 17.6. The van der Waals surface area contributed by atoms with Gasteiger partial charge in [0.05, 0.1) is 7.11 Å². The highest BCUT2D eigenvalue weighted by atomic mass is 32.1. The monoisotopic (exact) mass is 439 g/mol. The molecule has 0 bridgehead atoms. The first kappa shape index (κ1) is 22.1. The van der Waals surface area contributed by atoms with Gasteiger partial charge in [-0.15, -0.1) is 0 Å². The smallest absolute Gasteiger partial charge is 0.433 e. The zero-order chi connectivity index (χ0) is 21.7. The molecule has 1 aromatic carbocycles. The van der Waals surface area contributed by atoms with Gasteiger partial charge in [-0.3, -0.25) is 0 Å². The molecule has 2 N–H and O–H groups in total. The number of hydrogen-bond acceptors (Lipinski definition) is 5. The second-order valence-corrected chi connectivity index (χ2v) is 7.69. The van der Waals surface area contributed by atoms with Gasteiger partial charge in [0.15, 0.2) is 10.8 Å². The third-order valence-electron chi connectivity index (χ3n) is 4.82. The summed E-state index contributed by atoms with van der Waals surface area (Å²) in [6.45, 7) is 3.80. The van der Waals surface area contributed by atoms with Gasteiger partial charge in [0, 0.05) is 25.7 Å². The first-order valence-corrected chi connectivity index (χ1v) is 10.0. The van der Waals surface area contributed by atoms with Crippen molar-refractivity contribution < 1.29 is 17.9 Å². The summed E-state index contributed by atoms with van der Waals surface area (Å²) in [5.41, 5.74) is -0.0564. The van der Waals surface area contributed by atoms with Crippen molar-refractivity contribution in [2.75, 3.05) is 30.4 Å². The van der Waals surface area contributed by atoms with Crippen LogP contribution < -0.4 is 20.3 Å². The predicted octanol–water partition coefficient (Wildman–Crippen LogP) is 4.23. The van der Waals surface area contributed by atoms with Crippen molar-refractivity contribution in [1.82, 2.24) is 15.3 Å². The number of thiocarbonyl (C=S) groups is 1. The van der Waals surface area contributed by atoms with E-state index in [4.69, 9.17) is 17.0 Å². The molecule has 0 saturated carbocycles. The number of nitrogens with zero attached hydrogens (tertiary/aromatic N) is 3. The molecule has 1 aliphatic rings. The summed E-state index contributed by atoms with van der Waals surface area (Å²) >= 11 is 5.22.